The maximum atomic E-state index is 12.2. The highest BCUT2D eigenvalue weighted by Gasteiger charge is 2.66. The molecule has 2 aliphatic rings. The van der Waals surface area contributed by atoms with Gasteiger partial charge in [-0.1, -0.05) is 0 Å². The Morgan fingerprint density at radius 2 is 0.850 bits per heavy atom. The molecule has 0 spiro atoms. The van der Waals surface area contributed by atoms with Crippen molar-refractivity contribution < 1.29 is 19.6 Å². The van der Waals surface area contributed by atoms with E-state index in [9.17, 15) is 30.6 Å². The molecule has 2 aliphatic carbocycles. The summed E-state index contributed by atoms with van der Waals surface area (Å²) in [5.41, 5.74) is -4.10. The van der Waals surface area contributed by atoms with Crippen molar-refractivity contribution in [2.75, 3.05) is 0 Å². The molecule has 0 saturated heterocycles. The first-order valence-corrected chi connectivity index (χ1v) is 6.60. The van der Waals surface area contributed by atoms with E-state index in [0.29, 0.717) is 25.7 Å². The largest absolute Gasteiger partial charge is 0.561 e. The van der Waals surface area contributed by atoms with Crippen molar-refractivity contribution in [2.24, 2.45) is 0 Å². The van der Waals surface area contributed by atoms with Gasteiger partial charge >= 0.3 is 11.3 Å². The van der Waals surface area contributed by atoms with E-state index < -0.39 is 21.2 Å². The molecule has 0 aliphatic heterocycles. The molecule has 0 N–H and O–H groups in total. The van der Waals surface area contributed by atoms with E-state index in [1.54, 1.807) is 0 Å². The fourth-order valence-electron chi connectivity index (χ4n) is 3.11. The van der Waals surface area contributed by atoms with Crippen LogP contribution in [0.1, 0.15) is 51.4 Å². The summed E-state index contributed by atoms with van der Waals surface area (Å²) in [6.45, 7) is 0. The minimum Gasteiger partial charge on any atom is -0.561 e. The molecule has 2 saturated carbocycles. The van der Waals surface area contributed by atoms with Crippen LogP contribution >= 0.6 is 0 Å². The van der Waals surface area contributed by atoms with Crippen molar-refractivity contribution in [3.63, 3.8) is 0 Å². The summed E-state index contributed by atoms with van der Waals surface area (Å²) in [5.74, 6) is 0. The summed E-state index contributed by atoms with van der Waals surface area (Å²) < 4.78 is 0. The van der Waals surface area contributed by atoms with Crippen molar-refractivity contribution in [1.82, 2.24) is 0 Å². The van der Waals surface area contributed by atoms with E-state index in [1.807, 2.05) is 0 Å². The zero-order chi connectivity index (χ0) is 15.0. The van der Waals surface area contributed by atoms with E-state index in [4.69, 9.17) is 0 Å². The molecule has 2 rings (SSSR count). The third-order valence-electron chi connectivity index (χ3n) is 4.37. The van der Waals surface area contributed by atoms with Crippen LogP contribution in [0.15, 0.2) is 0 Å². The Kier molecular flexibility index (Phi) is 3.48. The van der Waals surface area contributed by atoms with E-state index in [2.05, 4.69) is 0 Å². The number of nitrogens with zero attached hydrogens (tertiary/aromatic N) is 4. The summed E-state index contributed by atoms with van der Waals surface area (Å²) in [6.07, 6.45) is 1.59. The standard InChI is InChI=1S/C10H16N4O6/c15-11(9(13(17)18)5-1-2-6-9)12(16)10(14(19)20)7-3-4-8-10/h1-8H2/b12-11+. The first kappa shape index (κ1) is 14.4. The molecular weight excluding hydrogens is 272 g/mol. The molecular formula is C10H16N4O6. The molecule has 2 fully saturated rings. The summed E-state index contributed by atoms with van der Waals surface area (Å²) in [6, 6.07) is 0. The lowest BCUT2D eigenvalue weighted by atomic mass is 10.1. The van der Waals surface area contributed by atoms with Gasteiger partial charge in [-0.05, 0) is 25.7 Å². The number of nitro groups is 2. The average Bonchev–Trinajstić information content (AvgIpc) is 3.07. The fourth-order valence-corrected chi connectivity index (χ4v) is 3.11. The summed E-state index contributed by atoms with van der Waals surface area (Å²) in [4.78, 5) is 20.3. The molecule has 20 heavy (non-hydrogen) atoms. The number of azo groups is 1. The van der Waals surface area contributed by atoms with Gasteiger partial charge in [-0.25, -0.2) is 0 Å². The smallest absolute Gasteiger partial charge is 0.472 e. The van der Waals surface area contributed by atoms with E-state index >= 15 is 0 Å². The van der Waals surface area contributed by atoms with Crippen LogP contribution in [0.25, 0.3) is 0 Å². The van der Waals surface area contributed by atoms with E-state index in [1.165, 1.54) is 0 Å². The molecule has 0 bridgehead atoms. The van der Waals surface area contributed by atoms with Crippen molar-refractivity contribution in [2.45, 2.75) is 62.7 Å². The summed E-state index contributed by atoms with van der Waals surface area (Å²) >= 11 is 0. The molecule has 0 unspecified atom stereocenters. The van der Waals surface area contributed by atoms with Gasteiger partial charge < -0.3 is 10.4 Å². The van der Waals surface area contributed by atoms with E-state index in [-0.39, 0.29) is 35.4 Å². The monoisotopic (exact) mass is 288 g/mol. The van der Waals surface area contributed by atoms with Crippen LogP contribution in [0.5, 0.6) is 0 Å². The Bertz CT molecular complexity index is 422. The first-order valence-electron chi connectivity index (χ1n) is 6.60. The van der Waals surface area contributed by atoms with Gasteiger partial charge in [-0.3, -0.25) is 20.2 Å². The lowest BCUT2D eigenvalue weighted by Crippen LogP contribution is -2.54. The minimum absolute atomic E-state index is 0.0595. The lowest BCUT2D eigenvalue weighted by Gasteiger charge is -2.20. The van der Waals surface area contributed by atoms with Gasteiger partial charge in [0.2, 0.25) is 0 Å². The van der Waals surface area contributed by atoms with Crippen LogP contribution in [-0.4, -0.2) is 30.9 Å². The zero-order valence-corrected chi connectivity index (χ0v) is 10.9. The SMILES string of the molecule is O=[N+]([O-])C1(/[N+]([O-])=[N+](\[O-])C2([N+](=O)[O-])CCCC2)CCCC1. The fraction of sp³-hybridized carbons (Fsp3) is 1.00. The van der Waals surface area contributed by atoms with Crippen molar-refractivity contribution >= 4 is 0 Å². The highest BCUT2D eigenvalue weighted by molar-refractivity contribution is 4.76. The van der Waals surface area contributed by atoms with Gasteiger partial charge in [0.15, 0.2) is 0 Å². The molecule has 112 valence electrons. The molecule has 0 aromatic rings. The number of hydroxylamine groups is 2. The Hall–Kier alpha value is -2.00. The molecule has 0 heterocycles. The quantitative estimate of drug-likeness (QED) is 0.253. The average molecular weight is 288 g/mol. The van der Waals surface area contributed by atoms with Gasteiger partial charge in [-0.2, -0.15) is 0 Å². The van der Waals surface area contributed by atoms with Crippen molar-refractivity contribution in [3.05, 3.63) is 30.6 Å². The maximum absolute atomic E-state index is 12.2. The van der Waals surface area contributed by atoms with Crippen LogP contribution in [0.3, 0.4) is 0 Å². The predicted molar refractivity (Wildman–Crippen MR) is 63.6 cm³/mol. The normalized spacial score (nSPS) is 25.2. The van der Waals surface area contributed by atoms with Crippen molar-refractivity contribution in [3.8, 4) is 0 Å². The lowest BCUT2D eigenvalue weighted by molar-refractivity contribution is -1.11. The Labute approximate surface area is 114 Å². The van der Waals surface area contributed by atoms with Crippen LogP contribution in [0, 0.1) is 30.6 Å². The van der Waals surface area contributed by atoms with Gasteiger partial charge in [0.1, 0.15) is 19.6 Å². The first-order chi connectivity index (χ1) is 9.37. The second-order valence-corrected chi connectivity index (χ2v) is 5.44. The zero-order valence-electron chi connectivity index (χ0n) is 10.9. The molecule has 0 radical (unpaired) electrons. The topological polar surface area (TPSA) is 138 Å². The highest BCUT2D eigenvalue weighted by atomic mass is 16.7. The number of hydrogen-bond acceptors (Lipinski definition) is 6. The van der Waals surface area contributed by atoms with Crippen LogP contribution in [-0.2, 0) is 0 Å². The molecule has 10 nitrogen and oxygen atoms in total. The summed E-state index contributed by atoms with van der Waals surface area (Å²) in [5, 5.41) is 46.8. The van der Waals surface area contributed by atoms with Crippen LogP contribution in [0.4, 0.5) is 0 Å². The van der Waals surface area contributed by atoms with Gasteiger partial charge in [0, 0.05) is 0 Å². The number of hydrogen-bond donors (Lipinski definition) is 0. The molecule has 0 aromatic heterocycles. The Morgan fingerprint density at radius 3 is 1.05 bits per heavy atom. The Balaban J connectivity index is 2.49. The second-order valence-electron chi connectivity index (χ2n) is 5.44. The van der Waals surface area contributed by atoms with Gasteiger partial charge in [-0.15, -0.1) is 0 Å². The molecule has 0 aromatic carbocycles. The molecule has 0 amide bonds. The van der Waals surface area contributed by atoms with Gasteiger partial charge in [0.25, 0.3) is 0 Å². The summed E-state index contributed by atoms with van der Waals surface area (Å²) in [7, 11) is 0. The predicted octanol–water partition coefficient (Wildman–Crippen LogP) is 1.55. The number of rotatable bonds is 4. The molecule has 10 heteroatoms. The highest BCUT2D eigenvalue weighted by Crippen LogP contribution is 2.37. The minimum atomic E-state index is -2.05. The third kappa shape index (κ3) is 1.86. The Morgan fingerprint density at radius 1 is 0.600 bits per heavy atom. The maximum Gasteiger partial charge on any atom is 0.472 e. The second kappa shape index (κ2) is 4.84. The third-order valence-corrected chi connectivity index (χ3v) is 4.37. The van der Waals surface area contributed by atoms with Crippen LogP contribution < -0.4 is 0 Å². The van der Waals surface area contributed by atoms with Crippen LogP contribution in [0.2, 0.25) is 0 Å². The van der Waals surface area contributed by atoms with E-state index in [0.717, 1.165) is 0 Å². The molecule has 0 atom stereocenters. The van der Waals surface area contributed by atoms with Gasteiger partial charge in [0.05, 0.1) is 25.7 Å². The van der Waals surface area contributed by atoms with Crippen molar-refractivity contribution in [1.29, 1.82) is 0 Å².